The summed E-state index contributed by atoms with van der Waals surface area (Å²) in [7, 11) is 0. The Morgan fingerprint density at radius 1 is 0.906 bits per heavy atom. The number of rotatable bonds is 8. The molecule has 0 unspecified atom stereocenters. The standard InChI is InChI=1S/C28H36N2O2/c29-22-23-12-14-27(15-13-23)32-21-7-18-30-19-16-26(17-20-30)28(31,24-8-3-1-4-9-24)25-10-5-2-6-11-25/h1,3-4,8-9,12-15,25-26,31H,2,5-7,10-11,16-21H2/t28-/m1/s1. The van der Waals surface area contributed by atoms with Gasteiger partial charge in [-0.1, -0.05) is 49.6 Å². The van der Waals surface area contributed by atoms with E-state index in [2.05, 4.69) is 35.2 Å². The van der Waals surface area contributed by atoms with Crippen LogP contribution in [-0.2, 0) is 5.60 Å². The maximum atomic E-state index is 12.1. The summed E-state index contributed by atoms with van der Waals surface area (Å²) in [6.07, 6.45) is 9.20. The number of ether oxygens (including phenoxy) is 1. The Bertz CT molecular complexity index is 863. The van der Waals surface area contributed by atoms with Crippen LogP contribution >= 0.6 is 0 Å². The number of benzene rings is 2. The van der Waals surface area contributed by atoms with Crippen LogP contribution in [0, 0.1) is 23.2 Å². The van der Waals surface area contributed by atoms with Gasteiger partial charge in [0, 0.05) is 6.54 Å². The first-order valence-corrected chi connectivity index (χ1v) is 12.3. The predicted octanol–water partition coefficient (Wildman–Crippen LogP) is 5.51. The van der Waals surface area contributed by atoms with Crippen LogP contribution < -0.4 is 4.74 Å². The van der Waals surface area contributed by atoms with Crippen LogP contribution in [0.4, 0.5) is 0 Å². The van der Waals surface area contributed by atoms with Gasteiger partial charge in [-0.15, -0.1) is 0 Å². The molecule has 2 aliphatic rings. The summed E-state index contributed by atoms with van der Waals surface area (Å²) < 4.78 is 5.83. The van der Waals surface area contributed by atoms with Crippen molar-refractivity contribution in [3.63, 3.8) is 0 Å². The van der Waals surface area contributed by atoms with Gasteiger partial charge in [0.2, 0.25) is 0 Å². The first kappa shape index (κ1) is 22.8. The molecular formula is C28H36N2O2. The average molecular weight is 433 g/mol. The Kier molecular flexibility index (Phi) is 7.84. The normalized spacial score (nSPS) is 20.4. The maximum Gasteiger partial charge on any atom is 0.119 e. The molecule has 1 saturated heterocycles. The highest BCUT2D eigenvalue weighted by molar-refractivity contribution is 5.34. The zero-order valence-electron chi connectivity index (χ0n) is 19.1. The van der Waals surface area contributed by atoms with Crippen molar-refractivity contribution in [1.29, 1.82) is 5.26 Å². The minimum absolute atomic E-state index is 0.333. The highest BCUT2D eigenvalue weighted by atomic mass is 16.5. The van der Waals surface area contributed by atoms with Crippen LogP contribution in [0.25, 0.3) is 0 Å². The van der Waals surface area contributed by atoms with Crippen molar-refractivity contribution in [3.05, 3.63) is 65.7 Å². The second-order valence-electron chi connectivity index (χ2n) is 9.48. The molecule has 170 valence electrons. The summed E-state index contributed by atoms with van der Waals surface area (Å²) in [6, 6.07) is 19.9. The molecule has 0 amide bonds. The molecule has 0 bridgehead atoms. The van der Waals surface area contributed by atoms with Crippen LogP contribution in [0.15, 0.2) is 54.6 Å². The van der Waals surface area contributed by atoms with Crippen molar-refractivity contribution < 1.29 is 9.84 Å². The van der Waals surface area contributed by atoms with Crippen molar-refractivity contribution in [2.45, 2.75) is 57.0 Å². The quantitative estimate of drug-likeness (QED) is 0.559. The van der Waals surface area contributed by atoms with E-state index in [4.69, 9.17) is 10.00 Å². The lowest BCUT2D eigenvalue weighted by Gasteiger charge is -2.47. The first-order chi connectivity index (χ1) is 15.7. The molecule has 2 fully saturated rings. The lowest BCUT2D eigenvalue weighted by Crippen LogP contribution is -2.48. The van der Waals surface area contributed by atoms with E-state index in [-0.39, 0.29) is 0 Å². The summed E-state index contributed by atoms with van der Waals surface area (Å²) in [4.78, 5) is 2.52. The molecule has 0 spiro atoms. The van der Waals surface area contributed by atoms with E-state index in [1.165, 1.54) is 19.3 Å². The topological polar surface area (TPSA) is 56.5 Å². The number of nitriles is 1. The Labute approximate surface area is 192 Å². The fourth-order valence-corrected chi connectivity index (χ4v) is 5.75. The highest BCUT2D eigenvalue weighted by Crippen LogP contribution is 2.47. The number of nitrogens with zero attached hydrogens (tertiary/aromatic N) is 2. The largest absolute Gasteiger partial charge is 0.494 e. The van der Waals surface area contributed by atoms with E-state index in [0.717, 1.165) is 63.1 Å². The van der Waals surface area contributed by atoms with Crippen LogP contribution in [0.3, 0.4) is 0 Å². The molecule has 4 heteroatoms. The second kappa shape index (κ2) is 11.0. The zero-order chi connectivity index (χ0) is 22.2. The molecule has 1 atom stereocenters. The Morgan fingerprint density at radius 2 is 1.56 bits per heavy atom. The maximum absolute atomic E-state index is 12.1. The smallest absolute Gasteiger partial charge is 0.119 e. The van der Waals surface area contributed by atoms with E-state index in [1.54, 1.807) is 12.1 Å². The summed E-state index contributed by atoms with van der Waals surface area (Å²) in [5.74, 6) is 1.54. The third-order valence-corrected chi connectivity index (χ3v) is 7.54. The monoisotopic (exact) mass is 432 g/mol. The van der Waals surface area contributed by atoms with Gasteiger partial charge in [0.25, 0.3) is 0 Å². The summed E-state index contributed by atoms with van der Waals surface area (Å²) in [5.41, 5.74) is 1.09. The molecule has 1 heterocycles. The van der Waals surface area contributed by atoms with E-state index in [1.807, 2.05) is 18.2 Å². The Balaban J connectivity index is 1.28. The van der Waals surface area contributed by atoms with Gasteiger partial charge in [-0.3, -0.25) is 0 Å². The third kappa shape index (κ3) is 5.34. The van der Waals surface area contributed by atoms with Gasteiger partial charge in [-0.05, 0) is 86.9 Å². The molecule has 32 heavy (non-hydrogen) atoms. The van der Waals surface area contributed by atoms with Gasteiger partial charge in [-0.25, -0.2) is 0 Å². The molecule has 1 aliphatic carbocycles. The van der Waals surface area contributed by atoms with E-state index in [9.17, 15) is 5.11 Å². The van der Waals surface area contributed by atoms with E-state index < -0.39 is 5.60 Å². The molecule has 1 N–H and O–H groups in total. The fraction of sp³-hybridized carbons (Fsp3) is 0.536. The Hall–Kier alpha value is -2.35. The number of hydrogen-bond donors (Lipinski definition) is 1. The molecule has 2 aromatic rings. The molecule has 1 aliphatic heterocycles. The number of aliphatic hydroxyl groups is 1. The fourth-order valence-electron chi connectivity index (χ4n) is 5.75. The molecule has 0 aromatic heterocycles. The van der Waals surface area contributed by atoms with Crippen molar-refractivity contribution in [3.8, 4) is 11.8 Å². The van der Waals surface area contributed by atoms with Gasteiger partial charge in [0.1, 0.15) is 5.75 Å². The van der Waals surface area contributed by atoms with Crippen LogP contribution in [-0.4, -0.2) is 36.2 Å². The van der Waals surface area contributed by atoms with Crippen molar-refractivity contribution in [1.82, 2.24) is 4.90 Å². The van der Waals surface area contributed by atoms with Crippen molar-refractivity contribution in [2.24, 2.45) is 11.8 Å². The molecule has 1 saturated carbocycles. The van der Waals surface area contributed by atoms with Crippen molar-refractivity contribution in [2.75, 3.05) is 26.2 Å². The molecule has 4 nitrogen and oxygen atoms in total. The van der Waals surface area contributed by atoms with Gasteiger partial charge in [0.15, 0.2) is 0 Å². The summed E-state index contributed by atoms with van der Waals surface area (Å²) in [6.45, 7) is 3.80. The third-order valence-electron chi connectivity index (χ3n) is 7.54. The van der Waals surface area contributed by atoms with Gasteiger partial charge in [0.05, 0.1) is 23.8 Å². The Morgan fingerprint density at radius 3 is 2.22 bits per heavy atom. The number of likely N-dealkylation sites (tertiary alicyclic amines) is 1. The average Bonchev–Trinajstić information content (AvgIpc) is 2.88. The van der Waals surface area contributed by atoms with Gasteiger partial charge in [-0.2, -0.15) is 5.26 Å². The van der Waals surface area contributed by atoms with Crippen LogP contribution in [0.5, 0.6) is 5.75 Å². The first-order valence-electron chi connectivity index (χ1n) is 12.3. The SMILES string of the molecule is N#Cc1ccc(OCCCN2CCC([C@@](O)(c3ccccc3)C3CCCCC3)CC2)cc1. The van der Waals surface area contributed by atoms with Crippen molar-refractivity contribution >= 4 is 0 Å². The lowest BCUT2D eigenvalue weighted by atomic mass is 9.65. The second-order valence-corrected chi connectivity index (χ2v) is 9.48. The number of piperidine rings is 1. The van der Waals surface area contributed by atoms with Gasteiger partial charge >= 0.3 is 0 Å². The van der Waals surface area contributed by atoms with E-state index in [0.29, 0.717) is 24.0 Å². The molecule has 4 rings (SSSR count). The highest BCUT2D eigenvalue weighted by Gasteiger charge is 2.45. The molecular weight excluding hydrogens is 396 g/mol. The minimum atomic E-state index is -0.688. The van der Waals surface area contributed by atoms with Crippen LogP contribution in [0.1, 0.15) is 62.5 Å². The van der Waals surface area contributed by atoms with Gasteiger partial charge < -0.3 is 14.7 Å². The van der Waals surface area contributed by atoms with Crippen LogP contribution in [0.2, 0.25) is 0 Å². The summed E-state index contributed by atoms with van der Waals surface area (Å²) in [5, 5.41) is 21.0. The minimum Gasteiger partial charge on any atom is -0.494 e. The lowest BCUT2D eigenvalue weighted by molar-refractivity contribution is -0.105. The zero-order valence-corrected chi connectivity index (χ0v) is 19.1. The number of hydrogen-bond acceptors (Lipinski definition) is 4. The van der Waals surface area contributed by atoms with E-state index >= 15 is 0 Å². The molecule has 0 radical (unpaired) electrons. The molecule has 2 aromatic carbocycles. The predicted molar refractivity (Wildman–Crippen MR) is 127 cm³/mol. The summed E-state index contributed by atoms with van der Waals surface area (Å²) >= 11 is 0.